The molecule has 172 valence electrons. The number of nitrogens with zero attached hydrogens (tertiary/aromatic N) is 3. The molecule has 3 aromatic carbocycles. The standard InChI is InChI=1S/C28H28N4O2/c29-19-22-11-13-23(14-12-22)20-31-15-6-16-32(18-17-31)21-27(33)30-26-10-5-4-9-25(26)28(34)24-7-2-1-3-8-24/h1-5,7-14H,6,15-18,20-21H2,(H,30,33). The Morgan fingerprint density at radius 1 is 0.824 bits per heavy atom. The first-order valence-corrected chi connectivity index (χ1v) is 11.5. The SMILES string of the molecule is N#Cc1ccc(CN2CCCN(CC(=O)Nc3ccccc3C(=O)c3ccccc3)CC2)cc1. The summed E-state index contributed by atoms with van der Waals surface area (Å²) in [5.74, 6) is -0.224. The van der Waals surface area contributed by atoms with Gasteiger partial charge in [-0.1, -0.05) is 54.6 Å². The largest absolute Gasteiger partial charge is 0.324 e. The van der Waals surface area contributed by atoms with Crippen LogP contribution >= 0.6 is 0 Å². The Labute approximate surface area is 200 Å². The van der Waals surface area contributed by atoms with E-state index in [-0.39, 0.29) is 11.7 Å². The molecule has 1 amide bonds. The van der Waals surface area contributed by atoms with Gasteiger partial charge in [-0.2, -0.15) is 5.26 Å². The molecule has 1 heterocycles. The van der Waals surface area contributed by atoms with Gasteiger partial charge in [0.25, 0.3) is 0 Å². The van der Waals surface area contributed by atoms with E-state index >= 15 is 0 Å². The van der Waals surface area contributed by atoms with Crippen LogP contribution in [0.15, 0.2) is 78.9 Å². The lowest BCUT2D eigenvalue weighted by atomic mass is 10.0. The van der Waals surface area contributed by atoms with Gasteiger partial charge in [-0.25, -0.2) is 0 Å². The van der Waals surface area contributed by atoms with Crippen LogP contribution in [-0.4, -0.2) is 54.2 Å². The Morgan fingerprint density at radius 3 is 2.26 bits per heavy atom. The van der Waals surface area contributed by atoms with Crippen LogP contribution in [0.5, 0.6) is 0 Å². The first-order chi connectivity index (χ1) is 16.6. The van der Waals surface area contributed by atoms with Gasteiger partial charge in [0.05, 0.1) is 23.9 Å². The molecule has 0 radical (unpaired) electrons. The summed E-state index contributed by atoms with van der Waals surface area (Å²) >= 11 is 0. The summed E-state index contributed by atoms with van der Waals surface area (Å²) in [6.07, 6.45) is 0.979. The van der Waals surface area contributed by atoms with Gasteiger partial charge in [-0.3, -0.25) is 19.4 Å². The second-order valence-corrected chi connectivity index (χ2v) is 8.50. The summed E-state index contributed by atoms with van der Waals surface area (Å²) < 4.78 is 0. The van der Waals surface area contributed by atoms with Gasteiger partial charge in [-0.05, 0) is 49.3 Å². The van der Waals surface area contributed by atoms with Crippen molar-refractivity contribution in [3.8, 4) is 6.07 Å². The predicted molar refractivity (Wildman–Crippen MR) is 132 cm³/mol. The highest BCUT2D eigenvalue weighted by Crippen LogP contribution is 2.19. The van der Waals surface area contributed by atoms with E-state index in [1.54, 1.807) is 24.3 Å². The van der Waals surface area contributed by atoms with Crippen LogP contribution in [0, 0.1) is 11.3 Å². The van der Waals surface area contributed by atoms with Gasteiger partial charge in [0.1, 0.15) is 0 Å². The van der Waals surface area contributed by atoms with Gasteiger partial charge in [0.2, 0.25) is 5.91 Å². The summed E-state index contributed by atoms with van der Waals surface area (Å²) in [6.45, 7) is 4.61. The number of carbonyl (C=O) groups excluding carboxylic acids is 2. The van der Waals surface area contributed by atoms with Gasteiger partial charge < -0.3 is 5.32 Å². The lowest BCUT2D eigenvalue weighted by Crippen LogP contribution is -2.36. The van der Waals surface area contributed by atoms with Crippen molar-refractivity contribution in [1.82, 2.24) is 9.80 Å². The lowest BCUT2D eigenvalue weighted by Gasteiger charge is -2.22. The van der Waals surface area contributed by atoms with Crippen molar-refractivity contribution in [2.75, 3.05) is 38.0 Å². The van der Waals surface area contributed by atoms with Crippen molar-refractivity contribution in [3.63, 3.8) is 0 Å². The molecule has 0 saturated carbocycles. The molecule has 0 spiro atoms. The average Bonchev–Trinajstić information content (AvgIpc) is 3.09. The summed E-state index contributed by atoms with van der Waals surface area (Å²) in [5, 5.41) is 11.9. The maximum Gasteiger partial charge on any atom is 0.238 e. The summed E-state index contributed by atoms with van der Waals surface area (Å²) in [4.78, 5) is 30.3. The van der Waals surface area contributed by atoms with Gasteiger partial charge in [0.15, 0.2) is 5.78 Å². The molecule has 0 atom stereocenters. The van der Waals surface area contributed by atoms with E-state index in [9.17, 15) is 9.59 Å². The van der Waals surface area contributed by atoms with Crippen molar-refractivity contribution >= 4 is 17.4 Å². The van der Waals surface area contributed by atoms with Gasteiger partial charge in [-0.15, -0.1) is 0 Å². The number of carbonyl (C=O) groups is 2. The maximum absolute atomic E-state index is 12.9. The molecule has 0 unspecified atom stereocenters. The third-order valence-corrected chi connectivity index (χ3v) is 6.02. The molecular formula is C28H28N4O2. The maximum atomic E-state index is 12.9. The van der Waals surface area contributed by atoms with Gasteiger partial charge in [0, 0.05) is 30.8 Å². The van der Waals surface area contributed by atoms with Crippen LogP contribution in [0.25, 0.3) is 0 Å². The van der Waals surface area contributed by atoms with Crippen molar-refractivity contribution in [2.24, 2.45) is 0 Å². The van der Waals surface area contributed by atoms with Crippen LogP contribution in [0.3, 0.4) is 0 Å². The first-order valence-electron chi connectivity index (χ1n) is 11.5. The molecule has 1 aliphatic rings. The molecule has 34 heavy (non-hydrogen) atoms. The third kappa shape index (κ3) is 6.16. The number of benzene rings is 3. The molecule has 0 aliphatic carbocycles. The van der Waals surface area contributed by atoms with Crippen LogP contribution < -0.4 is 5.32 Å². The molecule has 1 saturated heterocycles. The van der Waals surface area contributed by atoms with E-state index in [0.717, 1.165) is 39.1 Å². The Bertz CT molecular complexity index is 1170. The Kier molecular flexibility index (Phi) is 7.82. The van der Waals surface area contributed by atoms with Gasteiger partial charge >= 0.3 is 0 Å². The van der Waals surface area contributed by atoms with E-state index in [1.807, 2.05) is 54.6 Å². The molecule has 3 aromatic rings. The molecule has 6 nitrogen and oxygen atoms in total. The minimum Gasteiger partial charge on any atom is -0.324 e. The zero-order valence-electron chi connectivity index (χ0n) is 19.1. The minimum absolute atomic E-state index is 0.107. The highest BCUT2D eigenvalue weighted by atomic mass is 16.2. The van der Waals surface area contributed by atoms with E-state index < -0.39 is 0 Å². The Morgan fingerprint density at radius 2 is 1.50 bits per heavy atom. The number of rotatable bonds is 7. The fourth-order valence-corrected chi connectivity index (χ4v) is 4.21. The van der Waals surface area contributed by atoms with Crippen molar-refractivity contribution in [1.29, 1.82) is 5.26 Å². The quantitative estimate of drug-likeness (QED) is 0.550. The Hall–Kier alpha value is -3.79. The van der Waals surface area contributed by atoms with Crippen LogP contribution in [-0.2, 0) is 11.3 Å². The molecular weight excluding hydrogens is 424 g/mol. The van der Waals surface area contributed by atoms with Crippen LogP contribution in [0.4, 0.5) is 5.69 Å². The number of para-hydroxylation sites is 1. The topological polar surface area (TPSA) is 76.4 Å². The summed E-state index contributed by atoms with van der Waals surface area (Å²) in [5.41, 5.74) is 3.48. The minimum atomic E-state index is -0.117. The van der Waals surface area contributed by atoms with E-state index in [1.165, 1.54) is 5.56 Å². The third-order valence-electron chi connectivity index (χ3n) is 6.02. The highest BCUT2D eigenvalue weighted by Gasteiger charge is 2.19. The molecule has 1 fully saturated rings. The fourth-order valence-electron chi connectivity index (χ4n) is 4.21. The number of hydrogen-bond acceptors (Lipinski definition) is 5. The van der Waals surface area contributed by atoms with Crippen molar-refractivity contribution in [2.45, 2.75) is 13.0 Å². The molecule has 1 N–H and O–H groups in total. The molecule has 0 bridgehead atoms. The number of hydrogen-bond donors (Lipinski definition) is 1. The number of anilines is 1. The second-order valence-electron chi connectivity index (χ2n) is 8.50. The van der Waals surface area contributed by atoms with Crippen LogP contribution in [0.1, 0.15) is 33.5 Å². The normalized spacial score (nSPS) is 14.7. The number of ketones is 1. The molecule has 4 rings (SSSR count). The van der Waals surface area contributed by atoms with E-state index in [2.05, 4.69) is 21.2 Å². The number of nitriles is 1. The second kappa shape index (κ2) is 11.4. The van der Waals surface area contributed by atoms with E-state index in [4.69, 9.17) is 5.26 Å². The molecule has 1 aliphatic heterocycles. The fraction of sp³-hybridized carbons (Fsp3) is 0.250. The van der Waals surface area contributed by atoms with Crippen molar-refractivity contribution < 1.29 is 9.59 Å². The van der Waals surface area contributed by atoms with Crippen LogP contribution in [0.2, 0.25) is 0 Å². The zero-order chi connectivity index (χ0) is 23.8. The average molecular weight is 453 g/mol. The molecule has 6 heteroatoms. The summed E-state index contributed by atoms with van der Waals surface area (Å²) in [6, 6.07) is 26.1. The Balaban J connectivity index is 1.32. The monoisotopic (exact) mass is 452 g/mol. The van der Waals surface area contributed by atoms with E-state index in [0.29, 0.717) is 28.9 Å². The zero-order valence-corrected chi connectivity index (χ0v) is 19.1. The highest BCUT2D eigenvalue weighted by molar-refractivity contribution is 6.13. The number of nitrogens with one attached hydrogen (secondary N) is 1. The number of amides is 1. The first kappa shape index (κ1) is 23.4. The smallest absolute Gasteiger partial charge is 0.238 e. The summed E-state index contributed by atoms with van der Waals surface area (Å²) in [7, 11) is 0. The predicted octanol–water partition coefficient (Wildman–Crippen LogP) is 3.94. The lowest BCUT2D eigenvalue weighted by molar-refractivity contribution is -0.117. The van der Waals surface area contributed by atoms with Crippen molar-refractivity contribution in [3.05, 3.63) is 101 Å². The molecule has 0 aromatic heterocycles.